The normalized spacial score (nSPS) is 13.5. The first kappa shape index (κ1) is 16.9. The van der Waals surface area contributed by atoms with Crippen molar-refractivity contribution in [3.05, 3.63) is 35.4 Å². The number of amides is 2. The van der Waals surface area contributed by atoms with Crippen molar-refractivity contribution in [2.45, 2.75) is 24.1 Å². The molecule has 0 fully saturated rings. The van der Waals surface area contributed by atoms with Crippen molar-refractivity contribution in [1.29, 1.82) is 0 Å². The molecule has 1 aliphatic rings. The highest BCUT2D eigenvalue weighted by atomic mass is 32.2. The number of imide groups is 1. The van der Waals surface area contributed by atoms with E-state index in [4.69, 9.17) is 0 Å². The number of hydrogen-bond donors (Lipinski definition) is 1. The van der Waals surface area contributed by atoms with Crippen LogP contribution in [-0.4, -0.2) is 45.8 Å². The number of thioether (sulfide) groups is 1. The minimum Gasteiger partial charge on any atom is -0.360 e. The maximum atomic E-state index is 12.2. The van der Waals surface area contributed by atoms with Crippen LogP contribution in [0.2, 0.25) is 0 Å². The first-order valence-electron chi connectivity index (χ1n) is 7.86. The number of carbonyl (C=O) groups is 2. The molecule has 1 N–H and O–H groups in total. The lowest BCUT2D eigenvalue weighted by atomic mass is 10.1. The second-order valence-electron chi connectivity index (χ2n) is 5.27. The van der Waals surface area contributed by atoms with Gasteiger partial charge in [0.15, 0.2) is 4.34 Å². The van der Waals surface area contributed by atoms with Crippen LogP contribution in [-0.2, 0) is 0 Å². The lowest BCUT2D eigenvalue weighted by Gasteiger charge is -2.13. The van der Waals surface area contributed by atoms with Crippen LogP contribution in [0.1, 0.15) is 40.5 Å². The molecule has 0 saturated heterocycles. The molecule has 8 heteroatoms. The summed E-state index contributed by atoms with van der Waals surface area (Å²) >= 11 is 3.20. The molecule has 6 nitrogen and oxygen atoms in total. The third-order valence-corrected chi connectivity index (χ3v) is 5.71. The van der Waals surface area contributed by atoms with Gasteiger partial charge in [0.2, 0.25) is 5.13 Å². The Labute approximate surface area is 148 Å². The summed E-state index contributed by atoms with van der Waals surface area (Å²) in [6.07, 6.45) is 1.70. The third kappa shape index (κ3) is 3.59. The van der Waals surface area contributed by atoms with E-state index in [1.807, 2.05) is 6.92 Å². The molecule has 1 aliphatic heterocycles. The Balaban J connectivity index is 1.42. The zero-order valence-corrected chi connectivity index (χ0v) is 15.0. The van der Waals surface area contributed by atoms with E-state index in [9.17, 15) is 9.59 Å². The summed E-state index contributed by atoms with van der Waals surface area (Å²) in [5, 5.41) is 12.1. The fraction of sp³-hybridized carbons (Fsp3) is 0.375. The molecule has 0 aliphatic carbocycles. The highest BCUT2D eigenvalue weighted by Gasteiger charge is 2.34. The highest BCUT2D eigenvalue weighted by Crippen LogP contribution is 2.27. The molecule has 24 heavy (non-hydrogen) atoms. The molecule has 1 aromatic heterocycles. The predicted molar refractivity (Wildman–Crippen MR) is 95.8 cm³/mol. The first-order valence-corrected chi connectivity index (χ1v) is 9.66. The number of hydrogen-bond acceptors (Lipinski definition) is 7. The van der Waals surface area contributed by atoms with Gasteiger partial charge in [0.25, 0.3) is 11.8 Å². The largest absolute Gasteiger partial charge is 0.360 e. The van der Waals surface area contributed by atoms with Crippen molar-refractivity contribution in [3.8, 4) is 0 Å². The lowest BCUT2D eigenvalue weighted by Crippen LogP contribution is -2.30. The Hall–Kier alpha value is -1.93. The van der Waals surface area contributed by atoms with Crippen LogP contribution in [0.5, 0.6) is 0 Å². The fourth-order valence-corrected chi connectivity index (χ4v) is 4.35. The molecule has 126 valence electrons. The standard InChI is InChI=1S/C16H18N4O2S2/c1-2-17-15-18-19-16(24-15)23-10-6-5-9-20-13(21)11-7-3-4-8-12(11)14(20)22/h3-4,7-8H,2,5-6,9-10H2,1H3,(H,17,18). The lowest BCUT2D eigenvalue weighted by molar-refractivity contribution is 0.0652. The maximum absolute atomic E-state index is 12.2. The number of fused-ring (bicyclic) bond motifs is 1. The molecule has 2 aromatic rings. The van der Waals surface area contributed by atoms with E-state index in [0.717, 1.165) is 34.6 Å². The number of unbranched alkanes of at least 4 members (excludes halogenated alkanes) is 1. The van der Waals surface area contributed by atoms with Gasteiger partial charge in [-0.05, 0) is 31.9 Å². The maximum Gasteiger partial charge on any atom is 0.261 e. The van der Waals surface area contributed by atoms with E-state index in [1.165, 1.54) is 4.90 Å². The topological polar surface area (TPSA) is 75.2 Å². The fourth-order valence-electron chi connectivity index (χ4n) is 2.46. The smallest absolute Gasteiger partial charge is 0.261 e. The highest BCUT2D eigenvalue weighted by molar-refractivity contribution is 8.01. The molecule has 0 unspecified atom stereocenters. The van der Waals surface area contributed by atoms with Gasteiger partial charge in [-0.3, -0.25) is 14.5 Å². The molecular formula is C16H18N4O2S2. The number of nitrogens with one attached hydrogen (secondary N) is 1. The van der Waals surface area contributed by atoms with Crippen LogP contribution in [0.4, 0.5) is 5.13 Å². The van der Waals surface area contributed by atoms with Gasteiger partial charge >= 0.3 is 0 Å². The Morgan fingerprint density at radius 2 is 1.83 bits per heavy atom. The van der Waals surface area contributed by atoms with E-state index in [-0.39, 0.29) is 11.8 Å². The molecule has 0 atom stereocenters. The average molecular weight is 362 g/mol. The van der Waals surface area contributed by atoms with Crippen molar-refractivity contribution in [1.82, 2.24) is 15.1 Å². The van der Waals surface area contributed by atoms with Gasteiger partial charge in [-0.15, -0.1) is 10.2 Å². The van der Waals surface area contributed by atoms with Crippen molar-refractivity contribution < 1.29 is 9.59 Å². The second-order valence-corrected chi connectivity index (χ2v) is 7.59. The Kier molecular flexibility index (Phi) is 5.47. The molecule has 1 aromatic carbocycles. The van der Waals surface area contributed by atoms with Crippen molar-refractivity contribution in [2.24, 2.45) is 0 Å². The minimum absolute atomic E-state index is 0.178. The minimum atomic E-state index is -0.178. The van der Waals surface area contributed by atoms with E-state index in [2.05, 4.69) is 15.5 Å². The summed E-state index contributed by atoms with van der Waals surface area (Å²) in [6, 6.07) is 6.99. The third-order valence-electron chi connectivity index (χ3n) is 3.61. The summed E-state index contributed by atoms with van der Waals surface area (Å²) < 4.78 is 0.937. The predicted octanol–water partition coefficient (Wildman–Crippen LogP) is 3.14. The zero-order chi connectivity index (χ0) is 16.9. The number of rotatable bonds is 8. The molecule has 0 spiro atoms. The van der Waals surface area contributed by atoms with Crippen molar-refractivity contribution in [2.75, 3.05) is 24.2 Å². The van der Waals surface area contributed by atoms with E-state index < -0.39 is 0 Å². The molecule has 0 saturated carbocycles. The van der Waals surface area contributed by atoms with E-state index >= 15 is 0 Å². The number of carbonyl (C=O) groups excluding carboxylic acids is 2. The van der Waals surface area contributed by atoms with Gasteiger partial charge in [-0.1, -0.05) is 35.2 Å². The second kappa shape index (κ2) is 7.76. The summed E-state index contributed by atoms with van der Waals surface area (Å²) in [6.45, 7) is 3.32. The SMILES string of the molecule is CCNc1nnc(SCCCCN2C(=O)c3ccccc3C2=O)s1. The first-order chi connectivity index (χ1) is 11.7. The Morgan fingerprint density at radius 1 is 1.12 bits per heavy atom. The van der Waals surface area contributed by atoms with Gasteiger partial charge in [0, 0.05) is 18.8 Å². The number of anilines is 1. The van der Waals surface area contributed by atoms with Crippen LogP contribution < -0.4 is 5.32 Å². The van der Waals surface area contributed by atoms with Gasteiger partial charge in [-0.25, -0.2) is 0 Å². The van der Waals surface area contributed by atoms with Crippen LogP contribution in [0, 0.1) is 0 Å². The van der Waals surface area contributed by atoms with Crippen molar-refractivity contribution >= 4 is 40.0 Å². The van der Waals surface area contributed by atoms with Gasteiger partial charge in [0.1, 0.15) is 0 Å². The summed E-state index contributed by atoms with van der Waals surface area (Å²) in [4.78, 5) is 25.8. The molecule has 3 rings (SSSR count). The van der Waals surface area contributed by atoms with E-state index in [1.54, 1.807) is 47.4 Å². The van der Waals surface area contributed by atoms with Crippen LogP contribution >= 0.6 is 23.1 Å². The van der Waals surface area contributed by atoms with Crippen LogP contribution in [0.3, 0.4) is 0 Å². The number of aromatic nitrogens is 2. The summed E-state index contributed by atoms with van der Waals surface area (Å²) in [5.74, 6) is 0.537. The van der Waals surface area contributed by atoms with Gasteiger partial charge < -0.3 is 5.32 Å². The number of nitrogens with zero attached hydrogens (tertiary/aromatic N) is 3. The molecule has 2 heterocycles. The quantitative estimate of drug-likeness (QED) is 0.442. The average Bonchev–Trinajstić information content (AvgIpc) is 3.13. The molecular weight excluding hydrogens is 344 g/mol. The summed E-state index contributed by atoms with van der Waals surface area (Å²) in [5.41, 5.74) is 1.03. The molecule has 2 amide bonds. The van der Waals surface area contributed by atoms with Crippen LogP contribution in [0.15, 0.2) is 28.6 Å². The van der Waals surface area contributed by atoms with Crippen LogP contribution in [0.25, 0.3) is 0 Å². The molecule has 0 radical (unpaired) electrons. The van der Waals surface area contributed by atoms with Gasteiger partial charge in [0.05, 0.1) is 11.1 Å². The molecule has 0 bridgehead atoms. The van der Waals surface area contributed by atoms with Gasteiger partial charge in [-0.2, -0.15) is 0 Å². The zero-order valence-electron chi connectivity index (χ0n) is 13.3. The van der Waals surface area contributed by atoms with Crippen molar-refractivity contribution in [3.63, 3.8) is 0 Å². The Bertz CT molecular complexity index is 712. The monoisotopic (exact) mass is 362 g/mol. The Morgan fingerprint density at radius 3 is 2.50 bits per heavy atom. The number of benzene rings is 1. The van der Waals surface area contributed by atoms with E-state index in [0.29, 0.717) is 17.7 Å². The summed E-state index contributed by atoms with van der Waals surface area (Å²) in [7, 11) is 0.